The molecule has 1 heterocycles. The number of hydrogen-bond donors (Lipinski definition) is 3. The third kappa shape index (κ3) is 2.92. The van der Waals surface area contributed by atoms with E-state index in [1.54, 1.807) is 6.07 Å². The van der Waals surface area contributed by atoms with Gasteiger partial charge in [-0.3, -0.25) is 0 Å². The van der Waals surface area contributed by atoms with Crippen molar-refractivity contribution in [2.45, 2.75) is 19.9 Å². The molecule has 4 heteroatoms. The smallest absolute Gasteiger partial charge is 0.124 e. The van der Waals surface area contributed by atoms with E-state index in [0.29, 0.717) is 6.61 Å². The predicted octanol–water partition coefficient (Wildman–Crippen LogP) is 3.29. The lowest BCUT2D eigenvalue weighted by atomic mass is 10.0. The number of aromatic hydroxyl groups is 1. The monoisotopic (exact) mass is 296 g/mol. The molecule has 0 unspecified atom stereocenters. The zero-order chi connectivity index (χ0) is 15.5. The van der Waals surface area contributed by atoms with Crippen molar-refractivity contribution < 1.29 is 9.84 Å². The van der Waals surface area contributed by atoms with E-state index in [1.165, 1.54) is 0 Å². The van der Waals surface area contributed by atoms with Gasteiger partial charge in [-0.05, 0) is 49.8 Å². The molecule has 0 fully saturated rings. The Hall–Kier alpha value is -2.46. The van der Waals surface area contributed by atoms with E-state index in [9.17, 15) is 5.11 Å². The average Bonchev–Trinajstić information content (AvgIpc) is 3.00. The highest BCUT2D eigenvalue weighted by atomic mass is 16.5. The van der Waals surface area contributed by atoms with Crippen LogP contribution in [0.3, 0.4) is 0 Å². The second kappa shape index (κ2) is 6.12. The van der Waals surface area contributed by atoms with Crippen molar-refractivity contribution in [3.63, 3.8) is 0 Å². The Balaban J connectivity index is 1.83. The second-order valence-corrected chi connectivity index (χ2v) is 5.35. The maximum absolute atomic E-state index is 10.0. The number of rotatable bonds is 4. The summed E-state index contributed by atoms with van der Waals surface area (Å²) in [5, 5.41) is 10.0. The fraction of sp³-hybridized carbons (Fsp3) is 0.222. The van der Waals surface area contributed by atoms with E-state index < -0.39 is 0 Å². The van der Waals surface area contributed by atoms with E-state index in [0.717, 1.165) is 28.1 Å². The topological polar surface area (TPSA) is 53.5 Å². The van der Waals surface area contributed by atoms with Gasteiger partial charge in [0.2, 0.25) is 0 Å². The van der Waals surface area contributed by atoms with Gasteiger partial charge in [0, 0.05) is 5.56 Å². The Kier molecular flexibility index (Phi) is 4.02. The van der Waals surface area contributed by atoms with Gasteiger partial charge in [-0.1, -0.05) is 23.8 Å². The largest absolute Gasteiger partial charge is 0.507 e. The summed E-state index contributed by atoms with van der Waals surface area (Å²) in [5.74, 6) is 1.15. The van der Waals surface area contributed by atoms with E-state index in [4.69, 9.17) is 4.74 Å². The standard InChI is InChI=1S/C18H20N2O2/c1-3-22-14-7-5-13(6-8-14)16-11-17(20-19-16)15-10-12(2)4-9-18(15)21/h4-11,16,19-21H,3H2,1-2H3/t16-/m1/s1. The van der Waals surface area contributed by atoms with Gasteiger partial charge in [0.1, 0.15) is 11.5 Å². The average molecular weight is 296 g/mol. The number of phenols is 1. The zero-order valence-electron chi connectivity index (χ0n) is 12.8. The summed E-state index contributed by atoms with van der Waals surface area (Å²) in [6, 6.07) is 13.7. The molecular weight excluding hydrogens is 276 g/mol. The van der Waals surface area contributed by atoms with Crippen molar-refractivity contribution >= 4 is 5.70 Å². The van der Waals surface area contributed by atoms with Crippen LogP contribution in [0, 0.1) is 6.92 Å². The highest BCUT2D eigenvalue weighted by molar-refractivity contribution is 5.71. The molecule has 1 atom stereocenters. The minimum absolute atomic E-state index is 0.0607. The minimum Gasteiger partial charge on any atom is -0.507 e. The van der Waals surface area contributed by atoms with Gasteiger partial charge < -0.3 is 15.3 Å². The zero-order valence-corrected chi connectivity index (χ0v) is 12.8. The number of hydrazine groups is 1. The van der Waals surface area contributed by atoms with Crippen LogP contribution in [-0.4, -0.2) is 11.7 Å². The Morgan fingerprint density at radius 2 is 1.91 bits per heavy atom. The van der Waals surface area contributed by atoms with Crippen LogP contribution in [0.5, 0.6) is 11.5 Å². The molecule has 1 aliphatic heterocycles. The molecule has 0 aliphatic carbocycles. The highest BCUT2D eigenvalue weighted by Gasteiger charge is 2.19. The number of nitrogens with one attached hydrogen (secondary N) is 2. The Morgan fingerprint density at radius 1 is 1.14 bits per heavy atom. The predicted molar refractivity (Wildman–Crippen MR) is 87.4 cm³/mol. The summed E-state index contributed by atoms with van der Waals surface area (Å²) < 4.78 is 5.46. The van der Waals surface area contributed by atoms with Gasteiger partial charge in [0.25, 0.3) is 0 Å². The summed E-state index contributed by atoms with van der Waals surface area (Å²) in [7, 11) is 0. The van der Waals surface area contributed by atoms with E-state index in [1.807, 2.05) is 50.2 Å². The number of phenolic OH excluding ortho intramolecular Hbond substituents is 1. The van der Waals surface area contributed by atoms with Gasteiger partial charge in [0.15, 0.2) is 0 Å². The summed E-state index contributed by atoms with van der Waals surface area (Å²) >= 11 is 0. The number of ether oxygens (including phenoxy) is 1. The van der Waals surface area contributed by atoms with Crippen molar-refractivity contribution in [1.82, 2.24) is 10.9 Å². The van der Waals surface area contributed by atoms with Crippen LogP contribution in [0.2, 0.25) is 0 Å². The van der Waals surface area contributed by atoms with Crippen LogP contribution in [0.25, 0.3) is 5.70 Å². The molecule has 1 aliphatic rings. The van der Waals surface area contributed by atoms with E-state index in [-0.39, 0.29) is 11.8 Å². The van der Waals surface area contributed by atoms with Crippen LogP contribution in [0.4, 0.5) is 0 Å². The van der Waals surface area contributed by atoms with Gasteiger partial charge >= 0.3 is 0 Å². The van der Waals surface area contributed by atoms with Gasteiger partial charge in [-0.2, -0.15) is 0 Å². The lowest BCUT2D eigenvalue weighted by Gasteiger charge is -2.10. The minimum atomic E-state index is 0.0607. The number of benzene rings is 2. The molecular formula is C18H20N2O2. The summed E-state index contributed by atoms with van der Waals surface area (Å²) in [4.78, 5) is 0. The third-order valence-electron chi connectivity index (χ3n) is 3.69. The van der Waals surface area contributed by atoms with Crippen LogP contribution < -0.4 is 15.6 Å². The molecule has 3 N–H and O–H groups in total. The van der Waals surface area contributed by atoms with Crippen molar-refractivity contribution in [2.24, 2.45) is 0 Å². The van der Waals surface area contributed by atoms with Crippen LogP contribution in [-0.2, 0) is 0 Å². The number of hydrogen-bond acceptors (Lipinski definition) is 4. The molecule has 3 rings (SSSR count). The first kappa shape index (κ1) is 14.5. The van der Waals surface area contributed by atoms with E-state index in [2.05, 4.69) is 16.9 Å². The van der Waals surface area contributed by atoms with Gasteiger partial charge in [0.05, 0.1) is 18.3 Å². The van der Waals surface area contributed by atoms with Crippen molar-refractivity contribution in [1.29, 1.82) is 0 Å². The molecule has 0 bridgehead atoms. The molecule has 22 heavy (non-hydrogen) atoms. The van der Waals surface area contributed by atoms with Gasteiger partial charge in [-0.15, -0.1) is 0 Å². The number of aryl methyl sites for hydroxylation is 1. The van der Waals surface area contributed by atoms with Crippen molar-refractivity contribution in [3.05, 3.63) is 65.2 Å². The Bertz CT molecular complexity index is 693. The molecule has 0 aromatic heterocycles. The third-order valence-corrected chi connectivity index (χ3v) is 3.69. The summed E-state index contributed by atoms with van der Waals surface area (Å²) in [6.45, 7) is 4.65. The van der Waals surface area contributed by atoms with E-state index >= 15 is 0 Å². The maximum Gasteiger partial charge on any atom is 0.124 e. The fourth-order valence-electron chi connectivity index (χ4n) is 2.55. The van der Waals surface area contributed by atoms with Crippen LogP contribution in [0.15, 0.2) is 48.5 Å². The molecule has 2 aromatic carbocycles. The normalized spacial score (nSPS) is 17.0. The Labute approximate surface area is 130 Å². The molecule has 0 saturated heterocycles. The van der Waals surface area contributed by atoms with Crippen molar-refractivity contribution in [3.8, 4) is 11.5 Å². The fourth-order valence-corrected chi connectivity index (χ4v) is 2.55. The first-order chi connectivity index (χ1) is 10.7. The molecule has 0 saturated carbocycles. The first-order valence-corrected chi connectivity index (χ1v) is 7.43. The quantitative estimate of drug-likeness (QED) is 0.810. The summed E-state index contributed by atoms with van der Waals surface area (Å²) in [6.07, 6.45) is 2.07. The molecule has 0 amide bonds. The van der Waals surface area contributed by atoms with Crippen molar-refractivity contribution in [2.75, 3.05) is 6.61 Å². The summed E-state index contributed by atoms with van der Waals surface area (Å²) in [5.41, 5.74) is 10.3. The highest BCUT2D eigenvalue weighted by Crippen LogP contribution is 2.30. The molecule has 114 valence electrons. The molecule has 0 spiro atoms. The second-order valence-electron chi connectivity index (χ2n) is 5.35. The maximum atomic E-state index is 10.0. The van der Waals surface area contributed by atoms with Crippen LogP contribution in [0.1, 0.15) is 29.7 Å². The van der Waals surface area contributed by atoms with Gasteiger partial charge in [-0.25, -0.2) is 5.43 Å². The Morgan fingerprint density at radius 3 is 2.64 bits per heavy atom. The lowest BCUT2D eigenvalue weighted by Crippen LogP contribution is -2.26. The molecule has 0 radical (unpaired) electrons. The lowest BCUT2D eigenvalue weighted by molar-refractivity contribution is 0.340. The van der Waals surface area contributed by atoms with Crippen LogP contribution >= 0.6 is 0 Å². The molecule has 4 nitrogen and oxygen atoms in total. The first-order valence-electron chi connectivity index (χ1n) is 7.43. The molecule has 2 aromatic rings. The SMILES string of the molecule is CCOc1ccc([C@H]2C=C(c3cc(C)ccc3O)NN2)cc1.